The number of benzene rings is 1. The van der Waals surface area contributed by atoms with Crippen molar-refractivity contribution in [2.45, 2.75) is 39.3 Å². The summed E-state index contributed by atoms with van der Waals surface area (Å²) in [6.45, 7) is 6.04. The molecular weight excluding hydrogens is 391 g/mol. The van der Waals surface area contributed by atoms with E-state index in [0.29, 0.717) is 0 Å². The monoisotopic (exact) mass is 413 g/mol. The van der Waals surface area contributed by atoms with Crippen molar-refractivity contribution in [1.82, 2.24) is 5.32 Å². The van der Waals surface area contributed by atoms with E-state index in [0.717, 1.165) is 18.2 Å². The number of halogens is 3. The van der Waals surface area contributed by atoms with E-state index in [2.05, 4.69) is 5.32 Å². The average Bonchev–Trinajstić information content (AvgIpc) is 2.62. The normalized spacial score (nSPS) is 15.9. The molecule has 0 aromatic heterocycles. The van der Waals surface area contributed by atoms with Crippen molar-refractivity contribution in [3.05, 3.63) is 40.5 Å². The second kappa shape index (κ2) is 7.88. The van der Waals surface area contributed by atoms with Crippen LogP contribution in [0.4, 0.5) is 13.2 Å². The van der Waals surface area contributed by atoms with E-state index in [-0.39, 0.29) is 23.7 Å². The highest BCUT2D eigenvalue weighted by Crippen LogP contribution is 2.42. The molecule has 0 unspecified atom stereocenters. The Morgan fingerprint density at radius 1 is 1.24 bits per heavy atom. The van der Waals surface area contributed by atoms with Crippen LogP contribution in [-0.4, -0.2) is 35.9 Å². The number of esters is 1. The lowest BCUT2D eigenvalue weighted by molar-refractivity contribution is -0.144. The Morgan fingerprint density at radius 3 is 2.41 bits per heavy atom. The molecule has 0 atom stereocenters. The molecule has 0 aliphatic heterocycles. The molecule has 29 heavy (non-hydrogen) atoms. The number of ketones is 1. The summed E-state index contributed by atoms with van der Waals surface area (Å²) in [5, 5.41) is 12.6. The first kappa shape index (κ1) is 22.4. The summed E-state index contributed by atoms with van der Waals surface area (Å²) in [5.41, 5.74) is -3.16. The number of rotatable bonds is 5. The number of alkyl halides is 3. The molecule has 6 nitrogen and oxygen atoms in total. The summed E-state index contributed by atoms with van der Waals surface area (Å²) in [5.74, 6) is -3.21. The minimum absolute atomic E-state index is 0.0391. The van der Waals surface area contributed by atoms with E-state index in [1.807, 2.05) is 13.8 Å². The number of aliphatic hydroxyl groups is 1. The predicted molar refractivity (Wildman–Crippen MR) is 97.8 cm³/mol. The third kappa shape index (κ3) is 4.60. The van der Waals surface area contributed by atoms with Crippen molar-refractivity contribution in [1.29, 1.82) is 0 Å². The first-order valence-corrected chi connectivity index (χ1v) is 8.90. The zero-order valence-electron chi connectivity index (χ0n) is 16.4. The topological polar surface area (TPSA) is 92.7 Å². The fourth-order valence-corrected chi connectivity index (χ4v) is 2.88. The van der Waals surface area contributed by atoms with Gasteiger partial charge in [0, 0.05) is 5.56 Å². The third-order valence-electron chi connectivity index (χ3n) is 4.50. The number of Topliss-reactive ketones (excluding diaryl/α,β-unsaturated/α-hetero) is 1. The van der Waals surface area contributed by atoms with Gasteiger partial charge in [0.15, 0.2) is 5.78 Å². The van der Waals surface area contributed by atoms with E-state index in [1.165, 1.54) is 13.8 Å². The largest absolute Gasteiger partial charge is 0.506 e. The number of amides is 1. The van der Waals surface area contributed by atoms with Crippen LogP contribution in [0.2, 0.25) is 0 Å². The highest BCUT2D eigenvalue weighted by molar-refractivity contribution is 6.28. The van der Waals surface area contributed by atoms with Crippen LogP contribution in [0.3, 0.4) is 0 Å². The molecule has 1 aromatic carbocycles. The number of hydrogen-bond donors (Lipinski definition) is 2. The Kier molecular flexibility index (Phi) is 6.10. The van der Waals surface area contributed by atoms with Gasteiger partial charge in [0.25, 0.3) is 5.91 Å². The maximum Gasteiger partial charge on any atom is 0.416 e. The molecule has 2 rings (SSSR count). The Hall–Kier alpha value is -2.84. The van der Waals surface area contributed by atoms with Crippen molar-refractivity contribution in [2.24, 2.45) is 5.92 Å². The summed E-state index contributed by atoms with van der Waals surface area (Å²) >= 11 is 0. The lowest BCUT2D eigenvalue weighted by Crippen LogP contribution is -2.42. The number of aliphatic hydroxyl groups excluding tert-OH is 1. The van der Waals surface area contributed by atoms with E-state index < -0.39 is 52.7 Å². The number of ether oxygens (including phenoxy) is 1. The maximum absolute atomic E-state index is 13.0. The molecule has 1 aromatic rings. The molecule has 0 radical (unpaired) electrons. The summed E-state index contributed by atoms with van der Waals surface area (Å²) in [7, 11) is 0. The molecule has 2 N–H and O–H groups in total. The summed E-state index contributed by atoms with van der Waals surface area (Å²) in [4.78, 5) is 36.9. The summed E-state index contributed by atoms with van der Waals surface area (Å²) < 4.78 is 44.0. The van der Waals surface area contributed by atoms with Gasteiger partial charge in [0.05, 0.1) is 17.6 Å². The SMILES string of the molecule is CC(C)COC(=O)CNC(=O)C1=C(O)c2ccc(C(F)(F)F)cc2C(C)(C)C1=O. The van der Waals surface area contributed by atoms with Crippen LogP contribution >= 0.6 is 0 Å². The number of nitrogens with one attached hydrogen (secondary N) is 1. The van der Waals surface area contributed by atoms with Crippen molar-refractivity contribution in [3.8, 4) is 0 Å². The molecule has 0 spiro atoms. The molecule has 0 bridgehead atoms. The van der Waals surface area contributed by atoms with Gasteiger partial charge >= 0.3 is 12.1 Å². The molecule has 158 valence electrons. The van der Waals surface area contributed by atoms with Gasteiger partial charge in [-0.25, -0.2) is 0 Å². The van der Waals surface area contributed by atoms with E-state index >= 15 is 0 Å². The molecule has 9 heteroatoms. The highest BCUT2D eigenvalue weighted by Gasteiger charge is 2.44. The zero-order chi connectivity index (χ0) is 22.1. The fourth-order valence-electron chi connectivity index (χ4n) is 2.88. The first-order chi connectivity index (χ1) is 13.3. The summed E-state index contributed by atoms with van der Waals surface area (Å²) in [6, 6.07) is 2.58. The summed E-state index contributed by atoms with van der Waals surface area (Å²) in [6.07, 6.45) is -4.62. The molecule has 0 saturated heterocycles. The quantitative estimate of drug-likeness (QED) is 0.572. The van der Waals surface area contributed by atoms with Crippen molar-refractivity contribution in [2.75, 3.05) is 13.2 Å². The van der Waals surface area contributed by atoms with Gasteiger partial charge in [0.2, 0.25) is 0 Å². The highest BCUT2D eigenvalue weighted by atomic mass is 19.4. The van der Waals surface area contributed by atoms with Crippen LogP contribution in [0.1, 0.15) is 44.4 Å². The number of fused-ring (bicyclic) bond motifs is 1. The van der Waals surface area contributed by atoms with Gasteiger partial charge < -0.3 is 15.2 Å². The Balaban J connectivity index is 2.35. The lowest BCUT2D eigenvalue weighted by Gasteiger charge is -2.32. The van der Waals surface area contributed by atoms with Crippen LogP contribution in [-0.2, 0) is 30.7 Å². The molecule has 0 fully saturated rings. The zero-order valence-corrected chi connectivity index (χ0v) is 16.4. The van der Waals surface area contributed by atoms with Crippen molar-refractivity contribution in [3.63, 3.8) is 0 Å². The van der Waals surface area contributed by atoms with Gasteiger partial charge in [-0.2, -0.15) is 13.2 Å². The molecular formula is C20H22F3NO5. The first-order valence-electron chi connectivity index (χ1n) is 8.90. The Bertz CT molecular complexity index is 885. The van der Waals surface area contributed by atoms with Crippen LogP contribution < -0.4 is 5.32 Å². The van der Waals surface area contributed by atoms with Crippen LogP contribution in [0.15, 0.2) is 23.8 Å². The van der Waals surface area contributed by atoms with Crippen LogP contribution in [0, 0.1) is 5.92 Å². The van der Waals surface area contributed by atoms with Gasteiger partial charge in [-0.3, -0.25) is 14.4 Å². The van der Waals surface area contributed by atoms with E-state index in [4.69, 9.17) is 4.74 Å². The van der Waals surface area contributed by atoms with Gasteiger partial charge in [-0.15, -0.1) is 0 Å². The van der Waals surface area contributed by atoms with Crippen molar-refractivity contribution < 1.29 is 37.4 Å². The fraction of sp³-hybridized carbons (Fsp3) is 0.450. The smallest absolute Gasteiger partial charge is 0.416 e. The molecule has 1 aliphatic rings. The minimum Gasteiger partial charge on any atom is -0.506 e. The predicted octanol–water partition coefficient (Wildman–Crippen LogP) is 3.15. The number of carbonyl (C=O) groups excluding carboxylic acids is 3. The Morgan fingerprint density at radius 2 is 1.86 bits per heavy atom. The second-order valence-corrected chi connectivity index (χ2v) is 7.70. The van der Waals surface area contributed by atoms with Gasteiger partial charge in [-0.1, -0.05) is 19.9 Å². The number of hydrogen-bond acceptors (Lipinski definition) is 5. The lowest BCUT2D eigenvalue weighted by atomic mass is 9.70. The van der Waals surface area contributed by atoms with Crippen LogP contribution in [0.25, 0.3) is 5.76 Å². The van der Waals surface area contributed by atoms with Crippen LogP contribution in [0.5, 0.6) is 0 Å². The third-order valence-corrected chi connectivity index (χ3v) is 4.50. The molecule has 0 heterocycles. The van der Waals surface area contributed by atoms with E-state index in [1.54, 1.807) is 0 Å². The number of carbonyl (C=O) groups is 3. The maximum atomic E-state index is 13.0. The molecule has 1 amide bonds. The molecule has 1 aliphatic carbocycles. The van der Waals surface area contributed by atoms with Crippen molar-refractivity contribution >= 4 is 23.4 Å². The standard InChI is InChI=1S/C20H22F3NO5/c1-10(2)9-29-14(25)8-24-18(28)15-16(26)12-6-5-11(20(21,22)23)7-13(12)19(3,4)17(15)27/h5-7,10,26H,8-9H2,1-4H3,(H,24,28). The minimum atomic E-state index is -4.62. The average molecular weight is 413 g/mol. The molecule has 0 saturated carbocycles. The Labute approximate surface area is 165 Å². The van der Waals surface area contributed by atoms with E-state index in [9.17, 15) is 32.7 Å². The second-order valence-electron chi connectivity index (χ2n) is 7.70. The van der Waals surface area contributed by atoms with Gasteiger partial charge in [-0.05, 0) is 37.5 Å². The van der Waals surface area contributed by atoms with Gasteiger partial charge in [0.1, 0.15) is 17.9 Å².